The zero-order chi connectivity index (χ0) is 21.3. The Balaban J connectivity index is 1.59. The van der Waals surface area contributed by atoms with Gasteiger partial charge in [-0.05, 0) is 61.5 Å². The zero-order valence-electron chi connectivity index (χ0n) is 17.2. The van der Waals surface area contributed by atoms with Crippen molar-refractivity contribution >= 4 is 46.0 Å². The van der Waals surface area contributed by atoms with Gasteiger partial charge in [-0.15, -0.1) is 0 Å². The number of nitrogens with one attached hydrogen (secondary N) is 4. The molecule has 3 rings (SSSR count). The van der Waals surface area contributed by atoms with Gasteiger partial charge in [-0.25, -0.2) is 0 Å². The van der Waals surface area contributed by atoms with Gasteiger partial charge in [-0.1, -0.05) is 37.1 Å². The standard InChI is InChI=1S/C22H28N4O2S2/c1-27-19-13-7-5-11-17(19)25-21(29)23-15-9-3-4-10-16(15)24-22(30)26-18-12-6-8-14-20(18)28-2/h5-8,11-16H,3-4,9-10H2,1-2H3,(H2,23,25,29)(H2,24,26,30). The number of thiocarbonyl (C=S) groups is 2. The highest BCUT2D eigenvalue weighted by Gasteiger charge is 2.26. The summed E-state index contributed by atoms with van der Waals surface area (Å²) in [6, 6.07) is 15.8. The lowest BCUT2D eigenvalue weighted by atomic mass is 9.90. The second kappa shape index (κ2) is 11.0. The van der Waals surface area contributed by atoms with E-state index < -0.39 is 0 Å². The summed E-state index contributed by atoms with van der Waals surface area (Å²) in [5.41, 5.74) is 1.68. The quantitative estimate of drug-likeness (QED) is 0.492. The average Bonchev–Trinajstić information content (AvgIpc) is 2.76. The van der Waals surface area contributed by atoms with E-state index in [4.69, 9.17) is 33.9 Å². The molecule has 0 heterocycles. The summed E-state index contributed by atoms with van der Waals surface area (Å²) >= 11 is 11.1. The van der Waals surface area contributed by atoms with Crippen molar-refractivity contribution in [1.82, 2.24) is 10.6 Å². The normalized spacial score (nSPS) is 18.1. The number of anilines is 2. The topological polar surface area (TPSA) is 66.6 Å². The van der Waals surface area contributed by atoms with E-state index in [0.717, 1.165) is 48.6 Å². The lowest BCUT2D eigenvalue weighted by molar-refractivity contribution is 0.340. The van der Waals surface area contributed by atoms with Crippen LogP contribution in [0, 0.1) is 0 Å². The molecule has 1 fully saturated rings. The van der Waals surface area contributed by atoms with Crippen molar-refractivity contribution in [3.05, 3.63) is 48.5 Å². The first-order valence-electron chi connectivity index (χ1n) is 10.0. The van der Waals surface area contributed by atoms with Crippen LogP contribution in [0.3, 0.4) is 0 Å². The average molecular weight is 445 g/mol. The fourth-order valence-corrected chi connectivity index (χ4v) is 4.15. The van der Waals surface area contributed by atoms with Crippen molar-refractivity contribution in [2.24, 2.45) is 0 Å². The van der Waals surface area contributed by atoms with Crippen LogP contribution in [0.4, 0.5) is 11.4 Å². The summed E-state index contributed by atoms with van der Waals surface area (Å²) in [5, 5.41) is 14.5. The molecule has 0 saturated heterocycles. The van der Waals surface area contributed by atoms with Gasteiger partial charge in [0.1, 0.15) is 11.5 Å². The highest BCUT2D eigenvalue weighted by molar-refractivity contribution is 7.80. The molecule has 2 aromatic carbocycles. The third-order valence-corrected chi connectivity index (χ3v) is 5.55. The molecule has 30 heavy (non-hydrogen) atoms. The van der Waals surface area contributed by atoms with Crippen molar-refractivity contribution in [1.29, 1.82) is 0 Å². The molecule has 0 aromatic heterocycles. The maximum absolute atomic E-state index is 5.56. The predicted molar refractivity (Wildman–Crippen MR) is 131 cm³/mol. The van der Waals surface area contributed by atoms with Crippen LogP contribution in [0.25, 0.3) is 0 Å². The first kappa shape index (κ1) is 22.1. The Morgan fingerprint density at radius 3 is 1.53 bits per heavy atom. The van der Waals surface area contributed by atoms with E-state index in [1.165, 1.54) is 0 Å². The van der Waals surface area contributed by atoms with Crippen molar-refractivity contribution in [2.75, 3.05) is 24.9 Å². The maximum atomic E-state index is 5.56. The maximum Gasteiger partial charge on any atom is 0.171 e. The Morgan fingerprint density at radius 2 is 1.13 bits per heavy atom. The summed E-state index contributed by atoms with van der Waals surface area (Å²) in [6.45, 7) is 0. The third kappa shape index (κ3) is 5.96. The minimum absolute atomic E-state index is 0.172. The number of rotatable bonds is 6. The highest BCUT2D eigenvalue weighted by Crippen LogP contribution is 2.25. The summed E-state index contributed by atoms with van der Waals surface area (Å²) < 4.78 is 10.8. The van der Waals surface area contributed by atoms with E-state index in [-0.39, 0.29) is 12.1 Å². The minimum Gasteiger partial charge on any atom is -0.495 e. The molecule has 4 N–H and O–H groups in total. The van der Waals surface area contributed by atoms with Gasteiger partial charge in [0.25, 0.3) is 0 Å². The van der Waals surface area contributed by atoms with Gasteiger partial charge in [0.15, 0.2) is 10.2 Å². The van der Waals surface area contributed by atoms with Crippen LogP contribution < -0.4 is 30.7 Å². The smallest absolute Gasteiger partial charge is 0.171 e. The molecule has 6 nitrogen and oxygen atoms in total. The Bertz CT molecular complexity index is 806. The van der Waals surface area contributed by atoms with Crippen LogP contribution in [0.2, 0.25) is 0 Å². The van der Waals surface area contributed by atoms with E-state index in [0.29, 0.717) is 10.2 Å². The Hall–Kier alpha value is -2.58. The Labute approximate surface area is 188 Å². The molecule has 8 heteroatoms. The van der Waals surface area contributed by atoms with Crippen molar-refractivity contribution < 1.29 is 9.47 Å². The number of ether oxygens (including phenoxy) is 2. The lowest BCUT2D eigenvalue weighted by Gasteiger charge is -2.34. The minimum atomic E-state index is 0.172. The molecule has 0 spiro atoms. The molecule has 0 bridgehead atoms. The molecule has 160 valence electrons. The zero-order valence-corrected chi connectivity index (χ0v) is 18.9. The van der Waals surface area contributed by atoms with Crippen molar-refractivity contribution in [3.8, 4) is 11.5 Å². The number of methoxy groups -OCH3 is 2. The van der Waals surface area contributed by atoms with Crippen molar-refractivity contribution in [3.63, 3.8) is 0 Å². The molecule has 0 amide bonds. The van der Waals surface area contributed by atoms with Crippen LogP contribution in [0.1, 0.15) is 25.7 Å². The fourth-order valence-electron chi connectivity index (χ4n) is 3.63. The molecule has 0 radical (unpaired) electrons. The summed E-state index contributed by atoms with van der Waals surface area (Å²) in [4.78, 5) is 0. The first-order valence-corrected chi connectivity index (χ1v) is 10.8. The predicted octanol–water partition coefficient (Wildman–Crippen LogP) is 4.29. The third-order valence-electron chi connectivity index (χ3n) is 5.11. The van der Waals surface area contributed by atoms with E-state index in [9.17, 15) is 0 Å². The number of benzene rings is 2. The van der Waals surface area contributed by atoms with Gasteiger partial charge in [-0.2, -0.15) is 0 Å². The van der Waals surface area contributed by atoms with Crippen LogP contribution in [0.15, 0.2) is 48.5 Å². The van der Waals surface area contributed by atoms with Gasteiger partial charge >= 0.3 is 0 Å². The molecule has 0 aliphatic heterocycles. The van der Waals surface area contributed by atoms with E-state index in [1.807, 2.05) is 48.5 Å². The lowest BCUT2D eigenvalue weighted by Crippen LogP contribution is -2.54. The van der Waals surface area contributed by atoms with Gasteiger partial charge in [0, 0.05) is 12.1 Å². The Kier molecular flexibility index (Phi) is 8.10. The van der Waals surface area contributed by atoms with Crippen molar-refractivity contribution in [2.45, 2.75) is 37.8 Å². The number of para-hydroxylation sites is 4. The second-order valence-electron chi connectivity index (χ2n) is 7.09. The SMILES string of the molecule is COc1ccccc1NC(=S)NC1CCCCC1NC(=S)Nc1ccccc1OC. The number of hydrogen-bond donors (Lipinski definition) is 4. The first-order chi connectivity index (χ1) is 14.6. The Morgan fingerprint density at radius 1 is 0.733 bits per heavy atom. The molecule has 2 unspecified atom stereocenters. The van der Waals surface area contributed by atoms with E-state index in [2.05, 4.69) is 21.3 Å². The highest BCUT2D eigenvalue weighted by atomic mass is 32.1. The van der Waals surface area contributed by atoms with E-state index in [1.54, 1.807) is 14.2 Å². The van der Waals surface area contributed by atoms with Crippen LogP contribution in [-0.2, 0) is 0 Å². The van der Waals surface area contributed by atoms with Crippen LogP contribution >= 0.6 is 24.4 Å². The van der Waals surface area contributed by atoms with Gasteiger partial charge in [0.05, 0.1) is 25.6 Å². The monoisotopic (exact) mass is 444 g/mol. The summed E-state index contributed by atoms with van der Waals surface area (Å²) in [7, 11) is 3.29. The fraction of sp³-hybridized carbons (Fsp3) is 0.364. The molecular formula is C22H28N4O2S2. The molecule has 1 aliphatic rings. The number of hydrogen-bond acceptors (Lipinski definition) is 4. The molecular weight excluding hydrogens is 416 g/mol. The van der Waals surface area contributed by atoms with E-state index >= 15 is 0 Å². The molecule has 2 aromatic rings. The van der Waals surface area contributed by atoms with Crippen LogP contribution in [-0.4, -0.2) is 36.5 Å². The molecule has 2 atom stereocenters. The van der Waals surface area contributed by atoms with Gasteiger partial charge in [-0.3, -0.25) is 0 Å². The molecule has 1 saturated carbocycles. The van der Waals surface area contributed by atoms with Gasteiger partial charge in [0.2, 0.25) is 0 Å². The molecule has 1 aliphatic carbocycles. The second-order valence-corrected chi connectivity index (χ2v) is 7.91. The summed E-state index contributed by atoms with van der Waals surface area (Å²) in [6.07, 6.45) is 4.34. The summed E-state index contributed by atoms with van der Waals surface area (Å²) in [5.74, 6) is 1.50. The van der Waals surface area contributed by atoms with Crippen LogP contribution in [0.5, 0.6) is 11.5 Å². The largest absolute Gasteiger partial charge is 0.495 e. The van der Waals surface area contributed by atoms with Gasteiger partial charge < -0.3 is 30.7 Å².